The molecule has 7 heteroatoms. The maximum absolute atomic E-state index is 12.8. The van der Waals surface area contributed by atoms with Gasteiger partial charge in [0.05, 0.1) is 5.56 Å². The molecule has 0 atom stereocenters. The number of rotatable bonds is 2. The SMILES string of the molecule is O=C1NCc2c(Cl)ccc(-c3cc4cc(C(=O)N5CCNCC5)ccc4[nH]3)c21. The van der Waals surface area contributed by atoms with Gasteiger partial charge >= 0.3 is 0 Å². The predicted octanol–water partition coefficient (Wildman–Crippen LogP) is 2.78. The molecular weight excluding hydrogens is 376 g/mol. The summed E-state index contributed by atoms with van der Waals surface area (Å²) in [4.78, 5) is 30.3. The Balaban J connectivity index is 1.54. The van der Waals surface area contributed by atoms with Crippen molar-refractivity contribution in [3.8, 4) is 11.3 Å². The highest BCUT2D eigenvalue weighted by Gasteiger charge is 2.26. The van der Waals surface area contributed by atoms with Gasteiger partial charge in [0.2, 0.25) is 0 Å². The van der Waals surface area contributed by atoms with Crippen LogP contribution in [0.4, 0.5) is 0 Å². The Kier molecular flexibility index (Phi) is 4.10. The number of piperazine rings is 1. The van der Waals surface area contributed by atoms with E-state index >= 15 is 0 Å². The van der Waals surface area contributed by atoms with Crippen LogP contribution in [0.2, 0.25) is 5.02 Å². The number of hydrogen-bond acceptors (Lipinski definition) is 3. The van der Waals surface area contributed by atoms with E-state index in [1.54, 1.807) is 0 Å². The van der Waals surface area contributed by atoms with Crippen LogP contribution in [0.15, 0.2) is 36.4 Å². The highest BCUT2D eigenvalue weighted by molar-refractivity contribution is 6.32. The molecule has 0 saturated carbocycles. The first-order valence-electron chi connectivity index (χ1n) is 9.34. The highest BCUT2D eigenvalue weighted by Crippen LogP contribution is 2.34. The van der Waals surface area contributed by atoms with Gasteiger partial charge in [-0.3, -0.25) is 9.59 Å². The summed E-state index contributed by atoms with van der Waals surface area (Å²) in [5, 5.41) is 7.63. The van der Waals surface area contributed by atoms with Gasteiger partial charge in [-0.1, -0.05) is 17.7 Å². The number of H-pyrrole nitrogens is 1. The lowest BCUT2D eigenvalue weighted by atomic mass is 10.0. The number of carbonyl (C=O) groups excluding carboxylic acids is 2. The lowest BCUT2D eigenvalue weighted by Gasteiger charge is -2.27. The average molecular weight is 395 g/mol. The maximum atomic E-state index is 12.8. The normalized spacial score (nSPS) is 16.3. The van der Waals surface area contributed by atoms with Crippen LogP contribution in [0.5, 0.6) is 0 Å². The third kappa shape index (κ3) is 2.77. The third-order valence-electron chi connectivity index (χ3n) is 5.47. The number of nitrogens with one attached hydrogen (secondary N) is 3. The molecule has 1 aromatic heterocycles. The summed E-state index contributed by atoms with van der Waals surface area (Å²) in [6.45, 7) is 3.55. The van der Waals surface area contributed by atoms with Gasteiger partial charge < -0.3 is 20.5 Å². The van der Waals surface area contributed by atoms with E-state index in [1.807, 2.05) is 41.3 Å². The minimum atomic E-state index is -0.110. The molecule has 28 heavy (non-hydrogen) atoms. The van der Waals surface area contributed by atoms with Crippen molar-refractivity contribution in [3.63, 3.8) is 0 Å². The molecule has 0 aliphatic carbocycles. The van der Waals surface area contributed by atoms with Crippen LogP contribution < -0.4 is 10.6 Å². The topological polar surface area (TPSA) is 77.2 Å². The fraction of sp³-hybridized carbons (Fsp3) is 0.238. The Morgan fingerprint density at radius 3 is 2.71 bits per heavy atom. The first-order chi connectivity index (χ1) is 13.6. The number of fused-ring (bicyclic) bond motifs is 2. The molecule has 2 amide bonds. The van der Waals surface area contributed by atoms with Crippen molar-refractivity contribution in [1.29, 1.82) is 0 Å². The van der Waals surface area contributed by atoms with Crippen molar-refractivity contribution in [2.45, 2.75) is 6.54 Å². The summed E-state index contributed by atoms with van der Waals surface area (Å²) in [6.07, 6.45) is 0. The number of hydrogen-bond donors (Lipinski definition) is 3. The number of nitrogens with zero attached hydrogens (tertiary/aromatic N) is 1. The number of aromatic amines is 1. The number of benzene rings is 2. The van der Waals surface area contributed by atoms with Gasteiger partial charge in [0.15, 0.2) is 0 Å². The standard InChI is InChI=1S/C21H19ClN4O2/c22-16-3-2-14(19-15(16)11-24-20(19)27)18-10-13-9-12(1-4-17(13)25-18)21(28)26-7-5-23-6-8-26/h1-4,9-10,23,25H,5-8,11H2,(H,24,27). The lowest BCUT2D eigenvalue weighted by molar-refractivity contribution is 0.0735. The Bertz CT molecular complexity index is 1120. The van der Waals surface area contributed by atoms with Gasteiger partial charge in [0.25, 0.3) is 11.8 Å². The molecule has 0 unspecified atom stereocenters. The van der Waals surface area contributed by atoms with Crippen molar-refractivity contribution in [2.24, 2.45) is 0 Å². The molecule has 3 heterocycles. The number of carbonyl (C=O) groups is 2. The van der Waals surface area contributed by atoms with Gasteiger partial charge in [-0.15, -0.1) is 0 Å². The molecule has 0 spiro atoms. The molecule has 5 rings (SSSR count). The van der Waals surface area contributed by atoms with E-state index in [4.69, 9.17) is 11.6 Å². The van der Waals surface area contributed by atoms with Crippen molar-refractivity contribution >= 4 is 34.3 Å². The first-order valence-corrected chi connectivity index (χ1v) is 9.72. The molecule has 3 aromatic rings. The molecule has 2 aromatic carbocycles. The van der Waals surface area contributed by atoms with E-state index < -0.39 is 0 Å². The van der Waals surface area contributed by atoms with E-state index in [9.17, 15) is 9.59 Å². The number of halogens is 1. The zero-order valence-electron chi connectivity index (χ0n) is 15.1. The van der Waals surface area contributed by atoms with E-state index in [2.05, 4.69) is 15.6 Å². The highest BCUT2D eigenvalue weighted by atomic mass is 35.5. The van der Waals surface area contributed by atoms with E-state index in [1.165, 1.54) is 0 Å². The number of amides is 2. The van der Waals surface area contributed by atoms with Gasteiger partial charge in [-0.2, -0.15) is 0 Å². The second-order valence-corrected chi connectivity index (χ2v) is 7.57. The quantitative estimate of drug-likeness (QED) is 0.625. The molecule has 1 fully saturated rings. The van der Waals surface area contributed by atoms with Gasteiger partial charge in [-0.25, -0.2) is 0 Å². The molecule has 6 nitrogen and oxygen atoms in total. The summed E-state index contributed by atoms with van der Waals surface area (Å²) in [7, 11) is 0. The average Bonchev–Trinajstić information content (AvgIpc) is 3.32. The second-order valence-electron chi connectivity index (χ2n) is 7.16. The molecule has 2 aliphatic heterocycles. The molecular formula is C21H19ClN4O2. The van der Waals surface area contributed by atoms with E-state index in [0.717, 1.165) is 53.9 Å². The van der Waals surface area contributed by atoms with Crippen molar-refractivity contribution in [3.05, 3.63) is 58.1 Å². The maximum Gasteiger partial charge on any atom is 0.253 e. The Morgan fingerprint density at radius 1 is 1.07 bits per heavy atom. The fourth-order valence-corrected chi connectivity index (χ4v) is 4.22. The summed E-state index contributed by atoms with van der Waals surface area (Å²) in [6, 6.07) is 11.4. The first kappa shape index (κ1) is 17.3. The van der Waals surface area contributed by atoms with Crippen molar-refractivity contribution in [2.75, 3.05) is 26.2 Å². The van der Waals surface area contributed by atoms with Crippen molar-refractivity contribution < 1.29 is 9.59 Å². The van der Waals surface area contributed by atoms with Crippen LogP contribution in [-0.4, -0.2) is 47.9 Å². The van der Waals surface area contributed by atoms with Crippen LogP contribution in [0.3, 0.4) is 0 Å². The minimum Gasteiger partial charge on any atom is -0.355 e. The lowest BCUT2D eigenvalue weighted by Crippen LogP contribution is -2.46. The summed E-state index contributed by atoms with van der Waals surface area (Å²) in [5.74, 6) is -0.0568. The second kappa shape index (κ2) is 6.65. The fourth-order valence-electron chi connectivity index (χ4n) is 4.00. The Labute approximate surface area is 166 Å². The smallest absolute Gasteiger partial charge is 0.253 e. The largest absolute Gasteiger partial charge is 0.355 e. The third-order valence-corrected chi connectivity index (χ3v) is 5.82. The molecule has 3 N–H and O–H groups in total. The molecule has 142 valence electrons. The van der Waals surface area contributed by atoms with E-state index in [0.29, 0.717) is 22.7 Å². The molecule has 0 bridgehead atoms. The Hall–Kier alpha value is -2.83. The molecule has 1 saturated heterocycles. The van der Waals surface area contributed by atoms with Crippen LogP contribution >= 0.6 is 11.6 Å². The minimum absolute atomic E-state index is 0.0536. The van der Waals surface area contributed by atoms with Crippen LogP contribution in [0.1, 0.15) is 26.3 Å². The van der Waals surface area contributed by atoms with E-state index in [-0.39, 0.29) is 11.8 Å². The van der Waals surface area contributed by atoms with Crippen LogP contribution in [-0.2, 0) is 6.54 Å². The zero-order chi connectivity index (χ0) is 19.3. The Morgan fingerprint density at radius 2 is 1.89 bits per heavy atom. The van der Waals surface area contributed by atoms with Crippen LogP contribution in [0.25, 0.3) is 22.2 Å². The summed E-state index contributed by atoms with van der Waals surface area (Å²) < 4.78 is 0. The van der Waals surface area contributed by atoms with Gasteiger partial charge in [0.1, 0.15) is 0 Å². The number of aromatic nitrogens is 1. The zero-order valence-corrected chi connectivity index (χ0v) is 15.9. The predicted molar refractivity (Wildman–Crippen MR) is 109 cm³/mol. The molecule has 0 radical (unpaired) electrons. The van der Waals surface area contributed by atoms with Crippen LogP contribution in [0, 0.1) is 0 Å². The molecule has 2 aliphatic rings. The van der Waals surface area contributed by atoms with Gasteiger partial charge in [-0.05, 0) is 30.3 Å². The monoisotopic (exact) mass is 394 g/mol. The van der Waals surface area contributed by atoms with Gasteiger partial charge in [0, 0.05) is 71.0 Å². The van der Waals surface area contributed by atoms with Crippen molar-refractivity contribution in [1.82, 2.24) is 20.5 Å². The summed E-state index contributed by atoms with van der Waals surface area (Å²) in [5.41, 5.74) is 4.72. The summed E-state index contributed by atoms with van der Waals surface area (Å²) >= 11 is 6.25.